The number of amides is 1. The third-order valence-electron chi connectivity index (χ3n) is 5.60. The third kappa shape index (κ3) is 5.52. The number of thiophene rings is 1. The number of rotatable bonds is 8. The summed E-state index contributed by atoms with van der Waals surface area (Å²) in [7, 11) is 0. The van der Waals surface area contributed by atoms with E-state index in [9.17, 15) is 14.9 Å². The minimum absolute atomic E-state index is 0.130. The summed E-state index contributed by atoms with van der Waals surface area (Å²) in [5.74, 6) is -0.378. The molecule has 4 rings (SSSR count). The summed E-state index contributed by atoms with van der Waals surface area (Å²) in [5.41, 5.74) is 2.28. The van der Waals surface area contributed by atoms with E-state index in [-0.39, 0.29) is 17.3 Å². The van der Waals surface area contributed by atoms with Crippen molar-refractivity contribution in [1.29, 1.82) is 0 Å². The van der Waals surface area contributed by atoms with E-state index < -0.39 is 4.92 Å². The van der Waals surface area contributed by atoms with Crippen molar-refractivity contribution in [2.24, 2.45) is 0 Å². The first kappa shape index (κ1) is 22.0. The molecule has 2 N–H and O–H groups in total. The van der Waals surface area contributed by atoms with Crippen LogP contribution in [0.25, 0.3) is 10.4 Å². The first-order valence-electron chi connectivity index (χ1n) is 10.8. The molecule has 2 aromatic carbocycles. The van der Waals surface area contributed by atoms with E-state index in [1.54, 1.807) is 24.3 Å². The zero-order valence-corrected chi connectivity index (χ0v) is 18.6. The molecule has 3 aromatic rings. The van der Waals surface area contributed by atoms with Crippen LogP contribution in [0.15, 0.2) is 60.0 Å². The van der Waals surface area contributed by atoms with Crippen molar-refractivity contribution < 1.29 is 9.72 Å². The van der Waals surface area contributed by atoms with Crippen LogP contribution in [0.5, 0.6) is 0 Å². The Bertz CT molecular complexity index is 1060. The highest BCUT2D eigenvalue weighted by Crippen LogP contribution is 2.33. The highest BCUT2D eigenvalue weighted by Gasteiger charge is 2.18. The van der Waals surface area contributed by atoms with E-state index in [2.05, 4.69) is 15.5 Å². The minimum Gasteiger partial charge on any atom is -0.384 e. The Morgan fingerprint density at radius 1 is 1.06 bits per heavy atom. The van der Waals surface area contributed by atoms with Crippen LogP contribution < -0.4 is 10.6 Å². The second-order valence-electron chi connectivity index (χ2n) is 7.83. The molecule has 7 nitrogen and oxygen atoms in total. The average molecular weight is 451 g/mol. The number of hydrogen-bond donors (Lipinski definition) is 2. The molecule has 0 bridgehead atoms. The molecule has 0 radical (unpaired) electrons. The standard InChI is InChI=1S/C24H26N4O3S/c29-24(18-6-9-20(10-7-18)25-12-15-27-13-2-1-3-14-27)26-21-17-19(23-5-4-16-32-23)8-11-22(21)28(30)31/h4-11,16-17,25H,1-3,12-15H2,(H,26,29). The lowest BCUT2D eigenvalue weighted by Gasteiger charge is -2.26. The molecule has 0 spiro atoms. The highest BCUT2D eigenvalue weighted by atomic mass is 32.1. The van der Waals surface area contributed by atoms with Gasteiger partial charge < -0.3 is 15.5 Å². The van der Waals surface area contributed by atoms with Crippen molar-refractivity contribution >= 4 is 34.3 Å². The normalized spacial score (nSPS) is 14.1. The smallest absolute Gasteiger partial charge is 0.292 e. The van der Waals surface area contributed by atoms with Gasteiger partial charge in [-0.3, -0.25) is 14.9 Å². The minimum atomic E-state index is -0.483. The Labute approximate surface area is 191 Å². The lowest BCUT2D eigenvalue weighted by atomic mass is 10.1. The maximum Gasteiger partial charge on any atom is 0.292 e. The number of likely N-dealkylation sites (tertiary alicyclic amines) is 1. The van der Waals surface area contributed by atoms with E-state index in [0.717, 1.165) is 29.2 Å². The largest absolute Gasteiger partial charge is 0.384 e. The summed E-state index contributed by atoms with van der Waals surface area (Å²) in [6.07, 6.45) is 3.88. The third-order valence-corrected chi connectivity index (χ3v) is 6.52. The van der Waals surface area contributed by atoms with E-state index in [1.165, 1.54) is 49.8 Å². The van der Waals surface area contributed by atoms with E-state index in [1.807, 2.05) is 29.6 Å². The summed E-state index contributed by atoms with van der Waals surface area (Å²) in [6, 6.07) is 15.8. The van der Waals surface area contributed by atoms with Crippen LogP contribution in [0, 0.1) is 10.1 Å². The molecule has 2 heterocycles. The summed E-state index contributed by atoms with van der Waals surface area (Å²) in [4.78, 5) is 27.2. The van der Waals surface area contributed by atoms with Crippen LogP contribution in [0.4, 0.5) is 17.1 Å². The van der Waals surface area contributed by atoms with E-state index in [0.29, 0.717) is 5.56 Å². The van der Waals surface area contributed by atoms with Gasteiger partial charge >= 0.3 is 0 Å². The molecule has 0 saturated carbocycles. The van der Waals surface area contributed by atoms with Gasteiger partial charge in [-0.15, -0.1) is 11.3 Å². The van der Waals surface area contributed by atoms with Crippen LogP contribution in [0.2, 0.25) is 0 Å². The van der Waals surface area contributed by atoms with Crippen LogP contribution in [0.3, 0.4) is 0 Å². The van der Waals surface area contributed by atoms with Gasteiger partial charge in [0.1, 0.15) is 5.69 Å². The summed E-state index contributed by atoms with van der Waals surface area (Å²) in [6.45, 7) is 4.20. The van der Waals surface area contributed by atoms with E-state index >= 15 is 0 Å². The number of carbonyl (C=O) groups excluding carboxylic acids is 1. The molecule has 0 aliphatic carbocycles. The van der Waals surface area contributed by atoms with Gasteiger partial charge in [-0.2, -0.15) is 0 Å². The number of nitrogens with zero attached hydrogens (tertiary/aromatic N) is 2. The molecule has 32 heavy (non-hydrogen) atoms. The van der Waals surface area contributed by atoms with Crippen molar-refractivity contribution in [3.8, 4) is 10.4 Å². The van der Waals surface area contributed by atoms with Gasteiger partial charge in [0.2, 0.25) is 0 Å². The number of carbonyl (C=O) groups is 1. The van der Waals surface area contributed by atoms with E-state index in [4.69, 9.17) is 0 Å². The molecule has 1 saturated heterocycles. The predicted molar refractivity (Wildman–Crippen MR) is 130 cm³/mol. The molecule has 1 fully saturated rings. The molecule has 1 aliphatic rings. The van der Waals surface area contributed by atoms with Gasteiger partial charge in [0.25, 0.3) is 11.6 Å². The maximum absolute atomic E-state index is 12.8. The number of benzene rings is 2. The van der Waals surface area contributed by atoms with Crippen LogP contribution in [-0.2, 0) is 0 Å². The van der Waals surface area contributed by atoms with Gasteiger partial charge in [0, 0.05) is 35.3 Å². The quantitative estimate of drug-likeness (QED) is 0.351. The highest BCUT2D eigenvalue weighted by molar-refractivity contribution is 7.13. The molecule has 1 aliphatic heterocycles. The Balaban J connectivity index is 1.40. The molecule has 8 heteroatoms. The van der Waals surface area contributed by atoms with Gasteiger partial charge in [0.15, 0.2) is 0 Å². The Morgan fingerprint density at radius 2 is 1.84 bits per heavy atom. The predicted octanol–water partition coefficient (Wildman–Crippen LogP) is 5.47. The maximum atomic E-state index is 12.8. The number of piperidine rings is 1. The van der Waals surface area contributed by atoms with Gasteiger partial charge in [-0.05, 0) is 79.3 Å². The Hall–Kier alpha value is -3.23. The second kappa shape index (κ2) is 10.4. The summed E-state index contributed by atoms with van der Waals surface area (Å²) >= 11 is 1.54. The van der Waals surface area contributed by atoms with Gasteiger partial charge in [0.05, 0.1) is 4.92 Å². The first-order valence-corrected chi connectivity index (χ1v) is 11.7. The second-order valence-corrected chi connectivity index (χ2v) is 8.77. The molecule has 0 atom stereocenters. The van der Waals surface area contributed by atoms with Crippen molar-refractivity contribution in [2.75, 3.05) is 36.8 Å². The Kier molecular flexibility index (Phi) is 7.14. The van der Waals surface area contributed by atoms with Crippen LogP contribution in [-0.4, -0.2) is 41.9 Å². The van der Waals surface area contributed by atoms with Gasteiger partial charge in [-0.1, -0.05) is 12.5 Å². The fourth-order valence-electron chi connectivity index (χ4n) is 3.87. The van der Waals surface area contributed by atoms with Crippen molar-refractivity contribution in [3.63, 3.8) is 0 Å². The number of nitro benzene ring substituents is 1. The molecule has 1 aromatic heterocycles. The lowest BCUT2D eigenvalue weighted by molar-refractivity contribution is -0.383. The summed E-state index contributed by atoms with van der Waals surface area (Å²) < 4.78 is 0. The van der Waals surface area contributed by atoms with Crippen molar-refractivity contribution in [1.82, 2.24) is 4.90 Å². The molecular weight excluding hydrogens is 424 g/mol. The lowest BCUT2D eigenvalue weighted by Crippen LogP contribution is -2.33. The van der Waals surface area contributed by atoms with Crippen molar-refractivity contribution in [3.05, 3.63) is 75.7 Å². The monoisotopic (exact) mass is 450 g/mol. The zero-order valence-electron chi connectivity index (χ0n) is 17.8. The topological polar surface area (TPSA) is 87.5 Å². The molecule has 1 amide bonds. The SMILES string of the molecule is O=C(Nc1cc(-c2cccs2)ccc1[N+](=O)[O-])c1ccc(NCCN2CCCCC2)cc1. The molecule has 0 unspecified atom stereocenters. The molecule has 166 valence electrons. The number of nitrogens with one attached hydrogen (secondary N) is 2. The fourth-order valence-corrected chi connectivity index (χ4v) is 4.59. The number of hydrogen-bond acceptors (Lipinski definition) is 6. The van der Waals surface area contributed by atoms with Crippen LogP contribution in [0.1, 0.15) is 29.6 Å². The zero-order chi connectivity index (χ0) is 22.3. The molecular formula is C24H26N4O3S. The van der Waals surface area contributed by atoms with Crippen LogP contribution >= 0.6 is 11.3 Å². The summed E-state index contributed by atoms with van der Waals surface area (Å²) in [5, 5.41) is 19.5. The Morgan fingerprint density at radius 3 is 2.53 bits per heavy atom. The number of nitro groups is 1. The van der Waals surface area contributed by atoms with Crippen molar-refractivity contribution in [2.45, 2.75) is 19.3 Å². The van der Waals surface area contributed by atoms with Gasteiger partial charge in [-0.25, -0.2) is 0 Å². The first-order chi connectivity index (χ1) is 15.6. The fraction of sp³-hybridized carbons (Fsp3) is 0.292. The number of anilines is 2. The average Bonchev–Trinajstić information content (AvgIpc) is 3.35.